The van der Waals surface area contributed by atoms with Crippen molar-refractivity contribution in [1.29, 1.82) is 0 Å². The summed E-state index contributed by atoms with van der Waals surface area (Å²) in [7, 11) is 4.34. The standard InChI is InChI=1S/C20H22BrN3O6/c1-11-5-14(21)6-13(18(11)26)9-23-24-17(25)10-22-20(27)12-7-15(28-2)19(30-4)16(8-12)29-3/h5-9,26H,10H2,1-4H3,(H,22,27)(H,24,25). The number of phenolic OH excluding ortho intramolecular Hbond substituents is 1. The number of aromatic hydroxyl groups is 1. The predicted molar refractivity (Wildman–Crippen MR) is 115 cm³/mol. The Bertz CT molecular complexity index is 952. The number of benzene rings is 2. The van der Waals surface area contributed by atoms with E-state index in [9.17, 15) is 14.7 Å². The summed E-state index contributed by atoms with van der Waals surface area (Å²) in [5, 5.41) is 16.3. The molecule has 0 saturated heterocycles. The number of nitrogens with zero attached hydrogens (tertiary/aromatic N) is 1. The van der Waals surface area contributed by atoms with E-state index < -0.39 is 11.8 Å². The third-order valence-corrected chi connectivity index (χ3v) is 4.48. The zero-order chi connectivity index (χ0) is 22.3. The van der Waals surface area contributed by atoms with Crippen LogP contribution in [0.4, 0.5) is 0 Å². The van der Waals surface area contributed by atoms with Crippen LogP contribution < -0.4 is 25.0 Å². The van der Waals surface area contributed by atoms with E-state index in [1.165, 1.54) is 39.7 Å². The molecule has 30 heavy (non-hydrogen) atoms. The maximum Gasteiger partial charge on any atom is 0.259 e. The summed E-state index contributed by atoms with van der Waals surface area (Å²) in [5.74, 6) is 0.00816. The molecule has 0 spiro atoms. The Kier molecular flexibility index (Phi) is 8.05. The number of methoxy groups -OCH3 is 3. The van der Waals surface area contributed by atoms with Crippen molar-refractivity contribution in [2.24, 2.45) is 5.10 Å². The van der Waals surface area contributed by atoms with Gasteiger partial charge in [-0.3, -0.25) is 9.59 Å². The van der Waals surface area contributed by atoms with Crippen LogP contribution in [-0.2, 0) is 4.79 Å². The van der Waals surface area contributed by atoms with Crippen LogP contribution in [0.2, 0.25) is 0 Å². The van der Waals surface area contributed by atoms with Gasteiger partial charge in [0.05, 0.1) is 34.1 Å². The SMILES string of the molecule is COc1cc(C(=O)NCC(=O)NN=Cc2cc(Br)cc(C)c2O)cc(OC)c1OC. The summed E-state index contributed by atoms with van der Waals surface area (Å²) in [6.45, 7) is 1.44. The quantitative estimate of drug-likeness (QED) is 0.395. The average Bonchev–Trinajstić information content (AvgIpc) is 2.73. The van der Waals surface area contributed by atoms with Gasteiger partial charge < -0.3 is 24.6 Å². The van der Waals surface area contributed by atoms with Gasteiger partial charge in [-0.2, -0.15) is 5.10 Å². The van der Waals surface area contributed by atoms with Crippen LogP contribution in [0.15, 0.2) is 33.8 Å². The Morgan fingerprint density at radius 1 is 1.10 bits per heavy atom. The highest BCUT2D eigenvalue weighted by Crippen LogP contribution is 2.38. The third-order valence-electron chi connectivity index (χ3n) is 4.02. The number of hydrazone groups is 1. The average molecular weight is 480 g/mol. The van der Waals surface area contributed by atoms with Crippen LogP contribution in [0.5, 0.6) is 23.0 Å². The fourth-order valence-electron chi connectivity index (χ4n) is 2.55. The fraction of sp³-hybridized carbons (Fsp3) is 0.250. The van der Waals surface area contributed by atoms with E-state index in [0.29, 0.717) is 28.4 Å². The molecule has 2 amide bonds. The molecule has 160 valence electrons. The first kappa shape index (κ1) is 23.0. The normalized spacial score (nSPS) is 10.6. The molecule has 0 fully saturated rings. The van der Waals surface area contributed by atoms with Gasteiger partial charge in [-0.1, -0.05) is 15.9 Å². The van der Waals surface area contributed by atoms with Crippen molar-refractivity contribution >= 4 is 34.0 Å². The lowest BCUT2D eigenvalue weighted by Gasteiger charge is -2.14. The van der Waals surface area contributed by atoms with Gasteiger partial charge in [-0.25, -0.2) is 5.43 Å². The Hall–Kier alpha value is -3.27. The van der Waals surface area contributed by atoms with Crippen LogP contribution in [0.25, 0.3) is 0 Å². The summed E-state index contributed by atoms with van der Waals surface area (Å²) in [6, 6.07) is 6.37. The zero-order valence-corrected chi connectivity index (χ0v) is 18.5. The molecule has 9 nitrogen and oxygen atoms in total. The van der Waals surface area contributed by atoms with Gasteiger partial charge >= 0.3 is 0 Å². The Balaban J connectivity index is 1.99. The molecule has 0 aromatic heterocycles. The van der Waals surface area contributed by atoms with E-state index in [-0.39, 0.29) is 17.9 Å². The van der Waals surface area contributed by atoms with Crippen molar-refractivity contribution in [1.82, 2.24) is 10.7 Å². The molecule has 0 unspecified atom stereocenters. The molecule has 0 saturated carbocycles. The summed E-state index contributed by atoms with van der Waals surface area (Å²) >= 11 is 3.33. The molecule has 2 aromatic rings. The molecule has 0 heterocycles. The first-order valence-corrected chi connectivity index (χ1v) is 9.49. The number of nitrogens with one attached hydrogen (secondary N) is 2. The molecular weight excluding hydrogens is 458 g/mol. The minimum atomic E-state index is -0.543. The number of ether oxygens (including phenoxy) is 3. The van der Waals surface area contributed by atoms with Crippen LogP contribution in [0.1, 0.15) is 21.5 Å². The minimum Gasteiger partial charge on any atom is -0.507 e. The van der Waals surface area contributed by atoms with Crippen molar-refractivity contribution in [3.05, 3.63) is 45.4 Å². The summed E-state index contributed by atoms with van der Waals surface area (Å²) in [5.41, 5.74) is 3.61. The molecular formula is C20H22BrN3O6. The van der Waals surface area contributed by atoms with Crippen molar-refractivity contribution < 1.29 is 28.9 Å². The molecule has 0 aliphatic heterocycles. The number of amides is 2. The second-order valence-corrected chi connectivity index (χ2v) is 6.97. The lowest BCUT2D eigenvalue weighted by Crippen LogP contribution is -2.35. The molecule has 10 heteroatoms. The minimum absolute atomic E-state index is 0.0619. The highest BCUT2D eigenvalue weighted by atomic mass is 79.9. The topological polar surface area (TPSA) is 118 Å². The van der Waals surface area contributed by atoms with E-state index in [0.717, 1.165) is 4.47 Å². The van der Waals surface area contributed by atoms with Gasteiger partial charge in [-0.15, -0.1) is 0 Å². The van der Waals surface area contributed by atoms with Gasteiger partial charge in [0.1, 0.15) is 5.75 Å². The fourth-order valence-corrected chi connectivity index (χ4v) is 3.14. The second kappa shape index (κ2) is 10.5. The van der Waals surface area contributed by atoms with Gasteiger partial charge in [0.2, 0.25) is 5.75 Å². The van der Waals surface area contributed by atoms with Crippen LogP contribution >= 0.6 is 15.9 Å². The number of hydrogen-bond acceptors (Lipinski definition) is 7. The number of halogens is 1. The van der Waals surface area contributed by atoms with E-state index in [2.05, 4.69) is 31.8 Å². The molecule has 3 N–H and O–H groups in total. The van der Waals surface area contributed by atoms with Crippen molar-refractivity contribution in [3.8, 4) is 23.0 Å². The van der Waals surface area contributed by atoms with Crippen molar-refractivity contribution in [2.75, 3.05) is 27.9 Å². The Morgan fingerprint density at radius 3 is 2.30 bits per heavy atom. The van der Waals surface area contributed by atoms with E-state index in [1.807, 2.05) is 0 Å². The lowest BCUT2D eigenvalue weighted by atomic mass is 10.1. The molecule has 0 aliphatic carbocycles. The molecule has 2 aromatic carbocycles. The summed E-state index contributed by atoms with van der Waals surface area (Å²) in [6.07, 6.45) is 1.31. The van der Waals surface area contributed by atoms with Gasteiger partial charge in [0.25, 0.3) is 11.8 Å². The first-order chi connectivity index (χ1) is 14.3. The van der Waals surface area contributed by atoms with Gasteiger partial charge in [0, 0.05) is 15.6 Å². The smallest absolute Gasteiger partial charge is 0.259 e. The number of aryl methyl sites for hydroxylation is 1. The van der Waals surface area contributed by atoms with Crippen molar-refractivity contribution in [3.63, 3.8) is 0 Å². The molecule has 0 bridgehead atoms. The van der Waals surface area contributed by atoms with Crippen LogP contribution in [-0.4, -0.2) is 51.0 Å². The zero-order valence-electron chi connectivity index (χ0n) is 16.9. The molecule has 0 atom stereocenters. The van der Waals surface area contributed by atoms with Crippen LogP contribution in [0.3, 0.4) is 0 Å². The second-order valence-electron chi connectivity index (χ2n) is 6.05. The van der Waals surface area contributed by atoms with Crippen molar-refractivity contribution in [2.45, 2.75) is 6.92 Å². The maximum absolute atomic E-state index is 12.4. The highest BCUT2D eigenvalue weighted by molar-refractivity contribution is 9.10. The Labute approximate surface area is 182 Å². The largest absolute Gasteiger partial charge is 0.507 e. The monoisotopic (exact) mass is 479 g/mol. The number of rotatable bonds is 8. The Morgan fingerprint density at radius 2 is 1.73 bits per heavy atom. The number of carbonyl (C=O) groups excluding carboxylic acids is 2. The maximum atomic E-state index is 12.4. The predicted octanol–water partition coefficient (Wildman–Crippen LogP) is 2.37. The number of carbonyl (C=O) groups is 2. The number of hydrogen-bond donors (Lipinski definition) is 3. The molecule has 2 rings (SSSR count). The summed E-state index contributed by atoms with van der Waals surface area (Å²) in [4.78, 5) is 24.3. The van der Waals surface area contributed by atoms with E-state index in [1.54, 1.807) is 19.1 Å². The number of phenols is 1. The van der Waals surface area contributed by atoms with E-state index in [4.69, 9.17) is 14.2 Å². The first-order valence-electron chi connectivity index (χ1n) is 8.69. The molecule has 0 radical (unpaired) electrons. The third kappa shape index (κ3) is 5.63. The highest BCUT2D eigenvalue weighted by Gasteiger charge is 2.17. The van der Waals surface area contributed by atoms with Gasteiger partial charge in [0.15, 0.2) is 11.5 Å². The lowest BCUT2D eigenvalue weighted by molar-refractivity contribution is -0.120. The molecule has 0 aliphatic rings. The summed E-state index contributed by atoms with van der Waals surface area (Å²) < 4.78 is 16.4. The van der Waals surface area contributed by atoms with Gasteiger partial charge in [-0.05, 0) is 36.8 Å². The van der Waals surface area contributed by atoms with Crippen LogP contribution in [0, 0.1) is 6.92 Å². The van der Waals surface area contributed by atoms with E-state index >= 15 is 0 Å².